The molecule has 26 heavy (non-hydrogen) atoms. The van der Waals surface area contributed by atoms with Crippen LogP contribution >= 0.6 is 11.6 Å². The minimum Gasteiger partial charge on any atom is -0.352 e. The van der Waals surface area contributed by atoms with Crippen molar-refractivity contribution in [1.29, 1.82) is 0 Å². The topological polar surface area (TPSA) is 76.0 Å². The highest BCUT2D eigenvalue weighted by Crippen LogP contribution is 2.19. The predicted octanol–water partition coefficient (Wildman–Crippen LogP) is 3.29. The van der Waals surface area contributed by atoms with Crippen LogP contribution in [0.2, 0.25) is 5.28 Å². The molecule has 0 radical (unpaired) electrons. The van der Waals surface area contributed by atoms with Crippen LogP contribution < -0.4 is 10.6 Å². The van der Waals surface area contributed by atoms with Gasteiger partial charge in [-0.15, -0.1) is 0 Å². The quantitative estimate of drug-likeness (QED) is 0.723. The van der Waals surface area contributed by atoms with Gasteiger partial charge in [0.15, 0.2) is 0 Å². The van der Waals surface area contributed by atoms with E-state index in [1.54, 1.807) is 29.8 Å². The van der Waals surface area contributed by atoms with Gasteiger partial charge in [-0.3, -0.25) is 9.59 Å². The van der Waals surface area contributed by atoms with Gasteiger partial charge in [-0.2, -0.15) is 0 Å². The lowest BCUT2D eigenvalue weighted by Crippen LogP contribution is -2.27. The van der Waals surface area contributed by atoms with Crippen molar-refractivity contribution >= 4 is 40.1 Å². The number of nitrogens with zero attached hydrogens (tertiary/aromatic N) is 2. The van der Waals surface area contributed by atoms with Crippen LogP contribution in [0, 0.1) is 6.92 Å². The summed E-state index contributed by atoms with van der Waals surface area (Å²) in [5.41, 5.74) is 3.82. The smallest absolute Gasteiger partial charge is 0.251 e. The van der Waals surface area contributed by atoms with Gasteiger partial charge < -0.3 is 15.2 Å². The third-order valence-electron chi connectivity index (χ3n) is 4.03. The van der Waals surface area contributed by atoms with Crippen molar-refractivity contribution in [3.05, 3.63) is 58.9 Å². The van der Waals surface area contributed by atoms with Crippen molar-refractivity contribution in [2.24, 2.45) is 7.05 Å². The number of aryl methyl sites for hydroxylation is 2. The molecule has 0 aliphatic rings. The molecule has 1 heterocycles. The summed E-state index contributed by atoms with van der Waals surface area (Å²) in [5, 5.41) is 5.94. The highest BCUT2D eigenvalue weighted by Gasteiger charge is 2.11. The Hall–Kier alpha value is -2.86. The summed E-state index contributed by atoms with van der Waals surface area (Å²) in [6.45, 7) is 2.21. The summed E-state index contributed by atoms with van der Waals surface area (Å²) >= 11 is 5.99. The number of rotatable bonds is 5. The van der Waals surface area contributed by atoms with Crippen molar-refractivity contribution in [1.82, 2.24) is 14.9 Å². The van der Waals surface area contributed by atoms with Crippen LogP contribution in [-0.4, -0.2) is 27.9 Å². The van der Waals surface area contributed by atoms with E-state index in [2.05, 4.69) is 15.6 Å². The number of carbonyl (C=O) groups is 2. The van der Waals surface area contributed by atoms with Gasteiger partial charge in [-0.25, -0.2) is 4.98 Å². The monoisotopic (exact) mass is 370 g/mol. The van der Waals surface area contributed by atoms with E-state index in [4.69, 9.17) is 11.6 Å². The number of hydrogen-bond acceptors (Lipinski definition) is 3. The molecule has 3 rings (SSSR count). The van der Waals surface area contributed by atoms with E-state index in [0.717, 1.165) is 22.3 Å². The number of fused-ring (bicyclic) bond motifs is 1. The van der Waals surface area contributed by atoms with Crippen LogP contribution in [0.25, 0.3) is 11.0 Å². The number of imidazole rings is 1. The molecule has 0 bridgehead atoms. The molecule has 2 amide bonds. The molecule has 0 spiro atoms. The van der Waals surface area contributed by atoms with Crippen LogP contribution in [0.3, 0.4) is 0 Å². The van der Waals surface area contributed by atoms with Gasteiger partial charge in [-0.05, 0) is 54.4 Å². The molecule has 1 aromatic heterocycles. The summed E-state index contributed by atoms with van der Waals surface area (Å²) in [4.78, 5) is 28.4. The van der Waals surface area contributed by atoms with E-state index in [0.29, 0.717) is 10.8 Å². The Morgan fingerprint density at radius 2 is 2.00 bits per heavy atom. The Bertz CT molecular complexity index is 981. The van der Waals surface area contributed by atoms with E-state index in [-0.39, 0.29) is 24.8 Å². The Morgan fingerprint density at radius 1 is 1.19 bits per heavy atom. The van der Waals surface area contributed by atoms with Crippen molar-refractivity contribution in [3.63, 3.8) is 0 Å². The number of anilines is 1. The average molecular weight is 371 g/mol. The number of halogens is 1. The molecule has 0 fully saturated rings. The SMILES string of the molecule is Cc1cccc(NC(=O)CCNC(=O)c2ccc3nc(Cl)n(C)c3c2)c1. The lowest BCUT2D eigenvalue weighted by Gasteiger charge is -2.08. The second-order valence-corrected chi connectivity index (χ2v) is 6.40. The standard InChI is InChI=1S/C19H19ClN4O2/c1-12-4-3-5-14(10-12)22-17(25)8-9-21-18(26)13-6-7-15-16(11-13)24(2)19(20)23-15/h3-7,10-11H,8-9H2,1-2H3,(H,21,26)(H,22,25). The molecule has 0 unspecified atom stereocenters. The third-order valence-corrected chi connectivity index (χ3v) is 4.37. The first-order valence-electron chi connectivity index (χ1n) is 8.21. The minimum absolute atomic E-state index is 0.148. The highest BCUT2D eigenvalue weighted by atomic mass is 35.5. The van der Waals surface area contributed by atoms with Crippen LogP contribution in [0.1, 0.15) is 22.3 Å². The van der Waals surface area contributed by atoms with Gasteiger partial charge >= 0.3 is 0 Å². The van der Waals surface area contributed by atoms with Crippen LogP contribution in [0.4, 0.5) is 5.69 Å². The molecule has 3 aromatic rings. The molecule has 0 saturated heterocycles. The van der Waals surface area contributed by atoms with E-state index < -0.39 is 0 Å². The van der Waals surface area contributed by atoms with E-state index >= 15 is 0 Å². The molecule has 7 heteroatoms. The first-order valence-corrected chi connectivity index (χ1v) is 8.58. The lowest BCUT2D eigenvalue weighted by atomic mass is 10.2. The third kappa shape index (κ3) is 4.03. The molecule has 2 aromatic carbocycles. The molecule has 0 saturated carbocycles. The first kappa shape index (κ1) is 17.9. The maximum Gasteiger partial charge on any atom is 0.251 e. The molecule has 6 nitrogen and oxygen atoms in total. The van der Waals surface area contributed by atoms with Crippen LogP contribution in [0.5, 0.6) is 0 Å². The summed E-state index contributed by atoms with van der Waals surface area (Å²) in [7, 11) is 1.79. The second-order valence-electron chi connectivity index (χ2n) is 6.07. The fourth-order valence-electron chi connectivity index (χ4n) is 2.64. The Labute approximate surface area is 156 Å². The molecule has 0 atom stereocenters. The molecular weight excluding hydrogens is 352 g/mol. The van der Waals surface area contributed by atoms with Crippen molar-refractivity contribution in [2.45, 2.75) is 13.3 Å². The fourth-order valence-corrected chi connectivity index (χ4v) is 2.82. The van der Waals surface area contributed by atoms with Gasteiger partial charge in [0, 0.05) is 31.3 Å². The fraction of sp³-hybridized carbons (Fsp3) is 0.211. The number of carbonyl (C=O) groups excluding carboxylic acids is 2. The van der Waals surface area contributed by atoms with Crippen LogP contribution in [0.15, 0.2) is 42.5 Å². The van der Waals surface area contributed by atoms with E-state index in [1.165, 1.54) is 0 Å². The normalized spacial score (nSPS) is 10.7. The molecule has 0 aliphatic carbocycles. The minimum atomic E-state index is -0.243. The average Bonchev–Trinajstić information content (AvgIpc) is 2.88. The van der Waals surface area contributed by atoms with Crippen molar-refractivity contribution in [3.8, 4) is 0 Å². The first-order chi connectivity index (χ1) is 12.4. The van der Waals surface area contributed by atoms with E-state index in [9.17, 15) is 9.59 Å². The van der Waals surface area contributed by atoms with Gasteiger partial charge in [-0.1, -0.05) is 12.1 Å². The molecular formula is C19H19ClN4O2. The summed E-state index contributed by atoms with van der Waals surface area (Å²) in [6.07, 6.45) is 0.194. The zero-order valence-electron chi connectivity index (χ0n) is 14.5. The van der Waals surface area contributed by atoms with Crippen LogP contribution in [-0.2, 0) is 11.8 Å². The van der Waals surface area contributed by atoms with Gasteiger partial charge in [0.1, 0.15) is 0 Å². The van der Waals surface area contributed by atoms with E-state index in [1.807, 2.05) is 31.2 Å². The summed E-state index contributed by atoms with van der Waals surface area (Å²) in [6, 6.07) is 12.7. The van der Waals surface area contributed by atoms with Gasteiger partial charge in [0.05, 0.1) is 11.0 Å². The number of benzene rings is 2. The molecule has 134 valence electrons. The Morgan fingerprint density at radius 3 is 2.77 bits per heavy atom. The summed E-state index contributed by atoms with van der Waals surface area (Å²) < 4.78 is 1.71. The second kappa shape index (κ2) is 7.58. The van der Waals surface area contributed by atoms with Gasteiger partial charge in [0.2, 0.25) is 11.2 Å². The maximum atomic E-state index is 12.3. The molecule has 2 N–H and O–H groups in total. The van der Waals surface area contributed by atoms with Gasteiger partial charge in [0.25, 0.3) is 5.91 Å². The maximum absolute atomic E-state index is 12.3. The predicted molar refractivity (Wildman–Crippen MR) is 102 cm³/mol. The Kier molecular flexibility index (Phi) is 5.23. The number of hydrogen-bond donors (Lipinski definition) is 2. The Balaban J connectivity index is 1.55. The number of aromatic nitrogens is 2. The number of nitrogens with one attached hydrogen (secondary N) is 2. The summed E-state index contributed by atoms with van der Waals surface area (Å²) in [5.74, 6) is -0.391. The number of amides is 2. The molecule has 0 aliphatic heterocycles. The van der Waals surface area contributed by atoms with Crippen molar-refractivity contribution in [2.75, 3.05) is 11.9 Å². The highest BCUT2D eigenvalue weighted by molar-refractivity contribution is 6.29. The largest absolute Gasteiger partial charge is 0.352 e. The van der Waals surface area contributed by atoms with Crippen molar-refractivity contribution < 1.29 is 9.59 Å². The lowest BCUT2D eigenvalue weighted by molar-refractivity contribution is -0.116. The zero-order valence-corrected chi connectivity index (χ0v) is 15.3. The zero-order chi connectivity index (χ0) is 18.7.